The van der Waals surface area contributed by atoms with Crippen LogP contribution in [-0.2, 0) is 20.0 Å². The van der Waals surface area contributed by atoms with Gasteiger partial charge in [-0.25, -0.2) is 0 Å². The van der Waals surface area contributed by atoms with Gasteiger partial charge in [-0.2, -0.15) is 15.0 Å². The molecule has 0 saturated heterocycles. The molecule has 0 spiro atoms. The van der Waals surface area contributed by atoms with E-state index in [0.717, 1.165) is 35.7 Å². The lowest BCUT2D eigenvalue weighted by Crippen LogP contribution is -2.18. The monoisotopic (exact) mass is 322 g/mol. The molecule has 1 N–H and O–H groups in total. The van der Waals surface area contributed by atoms with Crippen molar-refractivity contribution in [2.75, 3.05) is 13.7 Å². The summed E-state index contributed by atoms with van der Waals surface area (Å²) >= 11 is 0. The SMILES string of the molecule is COc1ccccc1CCNCc1nn(C)nc1-c1ccccc1. The fraction of sp³-hybridized carbons (Fsp3) is 0.263. The molecule has 5 nitrogen and oxygen atoms in total. The van der Waals surface area contributed by atoms with Crippen LogP contribution < -0.4 is 10.1 Å². The maximum atomic E-state index is 5.39. The Labute approximate surface area is 142 Å². The largest absolute Gasteiger partial charge is 0.496 e. The molecule has 0 unspecified atom stereocenters. The minimum atomic E-state index is 0.688. The van der Waals surface area contributed by atoms with Crippen molar-refractivity contribution in [1.82, 2.24) is 20.3 Å². The van der Waals surface area contributed by atoms with Crippen LogP contribution in [0.1, 0.15) is 11.3 Å². The van der Waals surface area contributed by atoms with Crippen LogP contribution in [0, 0.1) is 0 Å². The summed E-state index contributed by atoms with van der Waals surface area (Å²) < 4.78 is 5.39. The zero-order chi connectivity index (χ0) is 16.8. The normalized spacial score (nSPS) is 10.8. The van der Waals surface area contributed by atoms with Gasteiger partial charge >= 0.3 is 0 Å². The van der Waals surface area contributed by atoms with Gasteiger partial charge in [0.1, 0.15) is 17.1 Å². The van der Waals surface area contributed by atoms with Crippen molar-refractivity contribution in [2.45, 2.75) is 13.0 Å². The molecule has 0 aliphatic heterocycles. The smallest absolute Gasteiger partial charge is 0.122 e. The van der Waals surface area contributed by atoms with Gasteiger partial charge in [-0.05, 0) is 24.6 Å². The summed E-state index contributed by atoms with van der Waals surface area (Å²) in [7, 11) is 3.56. The van der Waals surface area contributed by atoms with Gasteiger partial charge in [-0.15, -0.1) is 0 Å². The van der Waals surface area contributed by atoms with Crippen LogP contribution in [0.15, 0.2) is 54.6 Å². The number of aryl methyl sites for hydroxylation is 1. The molecule has 0 saturated carbocycles. The maximum Gasteiger partial charge on any atom is 0.122 e. The van der Waals surface area contributed by atoms with Crippen molar-refractivity contribution >= 4 is 0 Å². The Bertz CT molecular complexity index is 783. The predicted molar refractivity (Wildman–Crippen MR) is 94.8 cm³/mol. The molecule has 24 heavy (non-hydrogen) atoms. The average Bonchev–Trinajstić information content (AvgIpc) is 3.00. The van der Waals surface area contributed by atoms with Crippen LogP contribution in [0.5, 0.6) is 5.75 Å². The number of methoxy groups -OCH3 is 1. The molecule has 2 aromatic carbocycles. The summed E-state index contributed by atoms with van der Waals surface area (Å²) in [6, 6.07) is 18.3. The lowest BCUT2D eigenvalue weighted by molar-refractivity contribution is 0.409. The van der Waals surface area contributed by atoms with E-state index in [1.165, 1.54) is 5.56 Å². The van der Waals surface area contributed by atoms with E-state index in [1.807, 2.05) is 43.4 Å². The first-order valence-corrected chi connectivity index (χ1v) is 8.06. The molecule has 1 heterocycles. The molecule has 0 radical (unpaired) electrons. The summed E-state index contributed by atoms with van der Waals surface area (Å²) in [6.45, 7) is 1.54. The number of nitrogens with zero attached hydrogens (tertiary/aromatic N) is 3. The number of aromatic nitrogens is 3. The minimum Gasteiger partial charge on any atom is -0.496 e. The van der Waals surface area contributed by atoms with Gasteiger partial charge < -0.3 is 10.1 Å². The highest BCUT2D eigenvalue weighted by Crippen LogP contribution is 2.20. The Morgan fingerprint density at radius 3 is 2.54 bits per heavy atom. The van der Waals surface area contributed by atoms with E-state index in [4.69, 9.17) is 4.74 Å². The Hall–Kier alpha value is -2.66. The molecule has 5 heteroatoms. The zero-order valence-electron chi connectivity index (χ0n) is 14.1. The molecule has 0 fully saturated rings. The van der Waals surface area contributed by atoms with Crippen molar-refractivity contribution in [3.8, 4) is 17.0 Å². The molecule has 124 valence electrons. The Morgan fingerprint density at radius 2 is 1.75 bits per heavy atom. The molecule has 3 rings (SSSR count). The van der Waals surface area contributed by atoms with Crippen LogP contribution in [-0.4, -0.2) is 28.6 Å². The number of hydrogen-bond donors (Lipinski definition) is 1. The van der Waals surface area contributed by atoms with E-state index >= 15 is 0 Å². The second-order valence-electron chi connectivity index (χ2n) is 5.59. The lowest BCUT2D eigenvalue weighted by Gasteiger charge is -2.08. The van der Waals surface area contributed by atoms with Crippen molar-refractivity contribution < 1.29 is 4.74 Å². The van der Waals surface area contributed by atoms with E-state index in [9.17, 15) is 0 Å². The van der Waals surface area contributed by atoms with Gasteiger partial charge in [0.15, 0.2) is 0 Å². The van der Waals surface area contributed by atoms with Crippen LogP contribution in [0.2, 0.25) is 0 Å². The third kappa shape index (κ3) is 3.81. The molecular formula is C19H22N4O. The van der Waals surface area contributed by atoms with Crippen LogP contribution in [0.4, 0.5) is 0 Å². The standard InChI is InChI=1S/C19H22N4O/c1-23-21-17(19(22-23)16-9-4-3-5-10-16)14-20-13-12-15-8-6-7-11-18(15)24-2/h3-11,20H,12-14H2,1-2H3. The van der Waals surface area contributed by atoms with Gasteiger partial charge in [0.2, 0.25) is 0 Å². The minimum absolute atomic E-state index is 0.688. The van der Waals surface area contributed by atoms with Gasteiger partial charge in [0.25, 0.3) is 0 Å². The first kappa shape index (κ1) is 16.2. The van der Waals surface area contributed by atoms with Gasteiger partial charge in [-0.1, -0.05) is 48.5 Å². The highest BCUT2D eigenvalue weighted by Gasteiger charge is 2.11. The third-order valence-corrected chi connectivity index (χ3v) is 3.89. The van der Waals surface area contributed by atoms with E-state index < -0.39 is 0 Å². The fourth-order valence-electron chi connectivity index (χ4n) is 2.73. The Kier molecular flexibility index (Phi) is 5.23. The molecule has 0 aliphatic rings. The van der Waals surface area contributed by atoms with E-state index in [2.05, 4.69) is 33.7 Å². The van der Waals surface area contributed by atoms with E-state index in [-0.39, 0.29) is 0 Å². The van der Waals surface area contributed by atoms with Crippen molar-refractivity contribution in [3.63, 3.8) is 0 Å². The van der Waals surface area contributed by atoms with E-state index in [1.54, 1.807) is 11.9 Å². The van der Waals surface area contributed by atoms with Gasteiger partial charge in [-0.3, -0.25) is 0 Å². The predicted octanol–water partition coefficient (Wildman–Crippen LogP) is 2.82. The number of benzene rings is 2. The number of ether oxygens (including phenoxy) is 1. The maximum absolute atomic E-state index is 5.39. The number of hydrogen-bond acceptors (Lipinski definition) is 4. The molecule has 0 amide bonds. The summed E-state index contributed by atoms with van der Waals surface area (Å²) in [5, 5.41) is 12.4. The van der Waals surface area contributed by atoms with Crippen molar-refractivity contribution in [2.24, 2.45) is 7.05 Å². The van der Waals surface area contributed by atoms with Crippen LogP contribution in [0.3, 0.4) is 0 Å². The second kappa shape index (κ2) is 7.75. The Morgan fingerprint density at radius 1 is 1.00 bits per heavy atom. The molecule has 3 aromatic rings. The summed E-state index contributed by atoms with van der Waals surface area (Å²) in [6.07, 6.45) is 0.908. The highest BCUT2D eigenvalue weighted by atomic mass is 16.5. The number of rotatable bonds is 7. The average molecular weight is 322 g/mol. The molecule has 1 aromatic heterocycles. The topological polar surface area (TPSA) is 52.0 Å². The quantitative estimate of drug-likeness (QED) is 0.680. The molecule has 0 bridgehead atoms. The van der Waals surface area contributed by atoms with Crippen LogP contribution >= 0.6 is 0 Å². The first-order valence-electron chi connectivity index (χ1n) is 8.06. The second-order valence-corrected chi connectivity index (χ2v) is 5.59. The first-order chi connectivity index (χ1) is 11.8. The third-order valence-electron chi connectivity index (χ3n) is 3.89. The lowest BCUT2D eigenvalue weighted by atomic mass is 10.1. The molecule has 0 atom stereocenters. The van der Waals surface area contributed by atoms with Gasteiger partial charge in [0, 0.05) is 19.2 Å². The molecular weight excluding hydrogens is 300 g/mol. The number of para-hydroxylation sites is 1. The summed E-state index contributed by atoms with van der Waals surface area (Å²) in [5.74, 6) is 0.934. The van der Waals surface area contributed by atoms with Crippen molar-refractivity contribution in [1.29, 1.82) is 0 Å². The molecule has 0 aliphatic carbocycles. The Balaban J connectivity index is 1.61. The zero-order valence-corrected chi connectivity index (χ0v) is 14.1. The highest BCUT2D eigenvalue weighted by molar-refractivity contribution is 5.60. The van der Waals surface area contributed by atoms with Crippen LogP contribution in [0.25, 0.3) is 11.3 Å². The van der Waals surface area contributed by atoms with Gasteiger partial charge in [0.05, 0.1) is 7.11 Å². The fourth-order valence-corrected chi connectivity index (χ4v) is 2.73. The van der Waals surface area contributed by atoms with Crippen molar-refractivity contribution in [3.05, 3.63) is 65.9 Å². The summed E-state index contributed by atoms with van der Waals surface area (Å²) in [4.78, 5) is 1.62. The number of nitrogens with one attached hydrogen (secondary N) is 1. The summed E-state index contributed by atoms with van der Waals surface area (Å²) in [5.41, 5.74) is 4.19. The van der Waals surface area contributed by atoms with E-state index in [0.29, 0.717) is 6.54 Å².